The van der Waals surface area contributed by atoms with E-state index in [1.54, 1.807) is 7.11 Å². The van der Waals surface area contributed by atoms with Gasteiger partial charge in [0.1, 0.15) is 0 Å². The van der Waals surface area contributed by atoms with E-state index in [9.17, 15) is 4.79 Å². The first-order chi connectivity index (χ1) is 9.11. The zero-order valence-electron chi connectivity index (χ0n) is 10.5. The molecule has 2 rings (SSSR count). The van der Waals surface area contributed by atoms with Gasteiger partial charge in [0.2, 0.25) is 0 Å². The van der Waals surface area contributed by atoms with Crippen molar-refractivity contribution in [3.63, 3.8) is 0 Å². The number of hydrogen-bond acceptors (Lipinski definition) is 6. The van der Waals surface area contributed by atoms with Gasteiger partial charge >= 0.3 is 0 Å². The predicted molar refractivity (Wildman–Crippen MR) is 69.4 cm³/mol. The number of aromatic nitrogens is 2. The first kappa shape index (κ1) is 14.0. The molecule has 1 aliphatic rings. The summed E-state index contributed by atoms with van der Waals surface area (Å²) < 4.78 is 10.6. The van der Waals surface area contributed by atoms with Crippen LogP contribution in [0.5, 0.6) is 0 Å². The lowest BCUT2D eigenvalue weighted by atomic mass is 10.2. The molecule has 0 saturated carbocycles. The molecule has 1 aromatic rings. The molecule has 7 nitrogen and oxygen atoms in total. The van der Waals surface area contributed by atoms with Crippen LogP contribution in [0, 0.1) is 0 Å². The molecule has 104 valence electrons. The number of ether oxygens (including phenoxy) is 2. The van der Waals surface area contributed by atoms with Gasteiger partial charge in [0, 0.05) is 20.2 Å². The fraction of sp³-hybridized carbons (Fsp3) is 0.545. The number of carbonyl (C=O) groups excluding carboxylic acids is 1. The van der Waals surface area contributed by atoms with Crippen molar-refractivity contribution in [3.8, 4) is 0 Å². The molecule has 0 bridgehead atoms. The second-order valence-corrected chi connectivity index (χ2v) is 4.55. The molecule has 1 amide bonds. The van der Waals surface area contributed by atoms with E-state index in [2.05, 4.69) is 10.2 Å². The van der Waals surface area contributed by atoms with Gasteiger partial charge in [-0.25, -0.2) is 0 Å². The Labute approximate surface area is 115 Å². The predicted octanol–water partition coefficient (Wildman–Crippen LogP) is 0.0805. The number of anilines is 1. The summed E-state index contributed by atoms with van der Waals surface area (Å²) in [6.45, 7) is 2.17. The molecule has 1 aromatic heterocycles. The largest absolute Gasteiger partial charge is 0.382 e. The molecule has 19 heavy (non-hydrogen) atoms. The lowest BCUT2D eigenvalue weighted by Gasteiger charge is -2.33. The first-order valence-electron chi connectivity index (χ1n) is 5.80. The van der Waals surface area contributed by atoms with Crippen LogP contribution in [0.4, 0.5) is 5.82 Å². The summed E-state index contributed by atoms with van der Waals surface area (Å²) in [5.74, 6) is -0.150. The average molecular weight is 287 g/mol. The molecule has 1 unspecified atom stereocenters. The van der Waals surface area contributed by atoms with Crippen molar-refractivity contribution >= 4 is 23.3 Å². The average Bonchev–Trinajstić information content (AvgIpc) is 2.39. The fourth-order valence-electron chi connectivity index (χ4n) is 1.97. The molecule has 8 heteroatoms. The maximum atomic E-state index is 11.4. The molecule has 1 fully saturated rings. The van der Waals surface area contributed by atoms with Crippen LogP contribution in [-0.2, 0) is 9.47 Å². The van der Waals surface area contributed by atoms with Crippen LogP contribution in [-0.4, -0.2) is 55.6 Å². The van der Waals surface area contributed by atoms with E-state index in [1.165, 1.54) is 6.07 Å². The number of morpholine rings is 1. The van der Waals surface area contributed by atoms with Crippen molar-refractivity contribution in [2.75, 3.05) is 38.3 Å². The summed E-state index contributed by atoms with van der Waals surface area (Å²) in [7, 11) is 1.61. The van der Waals surface area contributed by atoms with E-state index in [4.69, 9.17) is 26.8 Å². The maximum Gasteiger partial charge on any atom is 0.252 e. The number of halogens is 1. The summed E-state index contributed by atoms with van der Waals surface area (Å²) >= 11 is 5.73. The number of amides is 1. The van der Waals surface area contributed by atoms with Gasteiger partial charge in [-0.3, -0.25) is 4.79 Å². The Kier molecular flexibility index (Phi) is 4.52. The van der Waals surface area contributed by atoms with E-state index in [0.717, 1.165) is 0 Å². The van der Waals surface area contributed by atoms with E-state index < -0.39 is 5.91 Å². The second-order valence-electron chi connectivity index (χ2n) is 4.16. The fourth-order valence-corrected chi connectivity index (χ4v) is 2.12. The molecule has 0 spiro atoms. The third kappa shape index (κ3) is 3.31. The minimum Gasteiger partial charge on any atom is -0.382 e. The van der Waals surface area contributed by atoms with Crippen LogP contribution in [0.3, 0.4) is 0 Å². The van der Waals surface area contributed by atoms with Gasteiger partial charge in [-0.2, -0.15) is 0 Å². The van der Waals surface area contributed by atoms with Gasteiger partial charge < -0.3 is 20.1 Å². The number of nitrogens with zero attached hydrogens (tertiary/aromatic N) is 3. The summed E-state index contributed by atoms with van der Waals surface area (Å²) in [5, 5.41) is 7.87. The maximum absolute atomic E-state index is 11.4. The second kappa shape index (κ2) is 6.14. The SMILES string of the molecule is COCC1CN(c2nnc(Cl)cc2C(N)=O)CCO1. The van der Waals surface area contributed by atoms with Crippen molar-refractivity contribution < 1.29 is 14.3 Å². The summed E-state index contributed by atoms with van der Waals surface area (Å²) in [6, 6.07) is 1.42. The number of rotatable bonds is 4. The Hall–Kier alpha value is -1.44. The van der Waals surface area contributed by atoms with Gasteiger partial charge in [0.15, 0.2) is 11.0 Å². The normalized spacial score (nSPS) is 19.5. The lowest BCUT2D eigenvalue weighted by molar-refractivity contribution is -0.0103. The molecule has 1 atom stereocenters. The van der Waals surface area contributed by atoms with Crippen molar-refractivity contribution in [2.45, 2.75) is 6.10 Å². The number of carbonyl (C=O) groups is 1. The van der Waals surface area contributed by atoms with Gasteiger partial charge in [0.25, 0.3) is 5.91 Å². The van der Waals surface area contributed by atoms with Crippen molar-refractivity contribution in [3.05, 3.63) is 16.8 Å². The number of primary amides is 1. The Morgan fingerprint density at radius 3 is 3.16 bits per heavy atom. The number of hydrogen-bond donors (Lipinski definition) is 1. The van der Waals surface area contributed by atoms with Gasteiger partial charge in [-0.05, 0) is 6.07 Å². The molecule has 0 radical (unpaired) electrons. The quantitative estimate of drug-likeness (QED) is 0.843. The molecule has 1 aliphatic heterocycles. The summed E-state index contributed by atoms with van der Waals surface area (Å²) in [6.07, 6.45) is -0.0723. The highest BCUT2D eigenvalue weighted by atomic mass is 35.5. The van der Waals surface area contributed by atoms with Crippen molar-refractivity contribution in [1.82, 2.24) is 10.2 Å². The highest BCUT2D eigenvalue weighted by Gasteiger charge is 2.25. The topological polar surface area (TPSA) is 90.6 Å². The third-order valence-electron chi connectivity index (χ3n) is 2.80. The Bertz CT molecular complexity index is 469. The van der Waals surface area contributed by atoms with Crippen LogP contribution < -0.4 is 10.6 Å². The molecular weight excluding hydrogens is 272 g/mol. The Morgan fingerprint density at radius 1 is 1.68 bits per heavy atom. The van der Waals surface area contributed by atoms with Crippen molar-refractivity contribution in [2.24, 2.45) is 5.73 Å². The molecule has 0 aliphatic carbocycles. The van der Waals surface area contributed by atoms with E-state index in [0.29, 0.717) is 32.1 Å². The zero-order valence-corrected chi connectivity index (χ0v) is 11.3. The van der Waals surface area contributed by atoms with Crippen LogP contribution >= 0.6 is 11.6 Å². The highest BCUT2D eigenvalue weighted by molar-refractivity contribution is 6.29. The van der Waals surface area contributed by atoms with Gasteiger partial charge in [-0.15, -0.1) is 10.2 Å². The number of methoxy groups -OCH3 is 1. The van der Waals surface area contributed by atoms with E-state index >= 15 is 0 Å². The van der Waals surface area contributed by atoms with Crippen LogP contribution in [0.15, 0.2) is 6.07 Å². The van der Waals surface area contributed by atoms with Crippen LogP contribution in [0.1, 0.15) is 10.4 Å². The van der Waals surface area contributed by atoms with Crippen LogP contribution in [0.2, 0.25) is 5.15 Å². The Balaban J connectivity index is 2.23. The monoisotopic (exact) mass is 286 g/mol. The molecule has 0 aromatic carbocycles. The summed E-state index contributed by atoms with van der Waals surface area (Å²) in [4.78, 5) is 13.3. The van der Waals surface area contributed by atoms with Gasteiger partial charge in [0.05, 0.1) is 24.9 Å². The highest BCUT2D eigenvalue weighted by Crippen LogP contribution is 2.21. The van der Waals surface area contributed by atoms with Crippen LogP contribution in [0.25, 0.3) is 0 Å². The minimum atomic E-state index is -0.582. The van der Waals surface area contributed by atoms with E-state index in [-0.39, 0.29) is 16.8 Å². The molecular formula is C11H15ClN4O3. The minimum absolute atomic E-state index is 0.0723. The summed E-state index contributed by atoms with van der Waals surface area (Å²) in [5.41, 5.74) is 5.60. The molecule has 1 saturated heterocycles. The molecule has 2 heterocycles. The standard InChI is InChI=1S/C11H15ClN4O3/c1-18-6-7-5-16(2-3-19-7)11-8(10(13)17)4-9(12)14-15-11/h4,7H,2-3,5-6H2,1H3,(H2,13,17). The third-order valence-corrected chi connectivity index (χ3v) is 2.99. The van der Waals surface area contributed by atoms with Gasteiger partial charge in [-0.1, -0.05) is 11.6 Å². The van der Waals surface area contributed by atoms with E-state index in [1.807, 2.05) is 4.90 Å². The molecule has 2 N–H and O–H groups in total. The number of nitrogens with two attached hydrogens (primary N) is 1. The first-order valence-corrected chi connectivity index (χ1v) is 6.18. The lowest BCUT2D eigenvalue weighted by Crippen LogP contribution is -2.45. The Morgan fingerprint density at radius 2 is 2.47 bits per heavy atom. The van der Waals surface area contributed by atoms with Crippen molar-refractivity contribution in [1.29, 1.82) is 0 Å². The zero-order chi connectivity index (χ0) is 13.8. The smallest absolute Gasteiger partial charge is 0.252 e.